The van der Waals surface area contributed by atoms with Gasteiger partial charge in [0, 0.05) is 6.42 Å². The highest BCUT2D eigenvalue weighted by Crippen LogP contribution is 2.26. The molecule has 0 saturated heterocycles. The Bertz CT molecular complexity index is 272. The average molecular weight is 166 g/mol. The molecule has 0 amide bonds. The summed E-state index contributed by atoms with van der Waals surface area (Å²) in [5.41, 5.74) is 1.17. The Hall–Kier alpha value is -1.06. The summed E-state index contributed by atoms with van der Waals surface area (Å²) in [6.07, 6.45) is 1.09. The van der Waals surface area contributed by atoms with Gasteiger partial charge < -0.3 is 4.74 Å². The first-order valence-electron chi connectivity index (χ1n) is 3.95. The number of fused-ring (bicyclic) bond motifs is 1. The van der Waals surface area contributed by atoms with E-state index in [0.29, 0.717) is 6.42 Å². The molecule has 12 heavy (non-hydrogen) atoms. The molecule has 1 aromatic carbocycles. The minimum atomic E-state index is -0.500. The molecular weight excluding hydrogens is 156 g/mol. The van der Waals surface area contributed by atoms with Crippen molar-refractivity contribution in [2.24, 2.45) is 0 Å². The Balaban J connectivity index is 2.23. The van der Waals surface area contributed by atoms with Gasteiger partial charge in [0.2, 0.25) is 6.29 Å². The maximum atomic E-state index is 8.39. The molecule has 2 rings (SSSR count). The normalized spacial score (nSPS) is 21.2. The Kier molecular flexibility index (Phi) is 1.98. The highest BCUT2D eigenvalue weighted by atomic mass is 17.1. The predicted octanol–water partition coefficient (Wildman–Crippen LogP) is 1.83. The van der Waals surface area contributed by atoms with Crippen LogP contribution in [0.2, 0.25) is 0 Å². The lowest BCUT2D eigenvalue weighted by Gasteiger charge is -2.22. The minimum Gasteiger partial charge on any atom is -0.462 e. The molecule has 1 aliphatic rings. The Morgan fingerprint density at radius 1 is 1.42 bits per heavy atom. The zero-order valence-electron chi connectivity index (χ0n) is 6.56. The zero-order chi connectivity index (χ0) is 8.39. The number of rotatable bonds is 1. The van der Waals surface area contributed by atoms with Crippen molar-refractivity contribution in [3.8, 4) is 5.75 Å². The van der Waals surface area contributed by atoms with Gasteiger partial charge in [0.25, 0.3) is 0 Å². The lowest BCUT2D eigenvalue weighted by atomic mass is 10.1. The van der Waals surface area contributed by atoms with E-state index in [4.69, 9.17) is 9.99 Å². The zero-order valence-corrected chi connectivity index (χ0v) is 6.56. The SMILES string of the molecule is OOC1CCc2ccccc2O1. The van der Waals surface area contributed by atoms with Crippen LogP contribution in [-0.4, -0.2) is 11.5 Å². The van der Waals surface area contributed by atoms with Crippen LogP contribution in [-0.2, 0) is 11.3 Å². The molecule has 0 aliphatic carbocycles. The number of aryl methyl sites for hydroxylation is 1. The van der Waals surface area contributed by atoms with Gasteiger partial charge >= 0.3 is 0 Å². The maximum absolute atomic E-state index is 8.39. The summed E-state index contributed by atoms with van der Waals surface area (Å²) in [4.78, 5) is 4.13. The van der Waals surface area contributed by atoms with Crippen molar-refractivity contribution in [2.75, 3.05) is 0 Å². The largest absolute Gasteiger partial charge is 0.462 e. The van der Waals surface area contributed by atoms with Crippen LogP contribution >= 0.6 is 0 Å². The van der Waals surface area contributed by atoms with E-state index in [1.54, 1.807) is 0 Å². The van der Waals surface area contributed by atoms with Crippen LogP contribution in [0.5, 0.6) is 5.75 Å². The van der Waals surface area contributed by atoms with Gasteiger partial charge in [-0.2, -0.15) is 4.89 Å². The van der Waals surface area contributed by atoms with Crippen molar-refractivity contribution in [2.45, 2.75) is 19.1 Å². The van der Waals surface area contributed by atoms with Crippen LogP contribution in [0.4, 0.5) is 0 Å². The van der Waals surface area contributed by atoms with Crippen molar-refractivity contribution in [1.82, 2.24) is 0 Å². The molecule has 0 radical (unpaired) electrons. The fourth-order valence-electron chi connectivity index (χ4n) is 1.37. The van der Waals surface area contributed by atoms with E-state index < -0.39 is 6.29 Å². The molecule has 1 aliphatic heterocycles. The molecule has 1 atom stereocenters. The molecular formula is C9H10O3. The molecule has 1 N–H and O–H groups in total. The molecule has 3 nitrogen and oxygen atoms in total. The summed E-state index contributed by atoms with van der Waals surface area (Å²) in [5, 5.41) is 8.39. The molecule has 64 valence electrons. The van der Waals surface area contributed by atoms with E-state index in [0.717, 1.165) is 12.2 Å². The van der Waals surface area contributed by atoms with Crippen LogP contribution in [0.25, 0.3) is 0 Å². The predicted molar refractivity (Wildman–Crippen MR) is 42.9 cm³/mol. The first kappa shape index (κ1) is 7.58. The van der Waals surface area contributed by atoms with Crippen molar-refractivity contribution in [1.29, 1.82) is 0 Å². The van der Waals surface area contributed by atoms with E-state index in [1.807, 2.05) is 24.3 Å². The number of benzene rings is 1. The molecule has 0 fully saturated rings. The Morgan fingerprint density at radius 2 is 2.25 bits per heavy atom. The molecule has 1 heterocycles. The van der Waals surface area contributed by atoms with Crippen LogP contribution < -0.4 is 4.74 Å². The van der Waals surface area contributed by atoms with Gasteiger partial charge in [0.1, 0.15) is 5.75 Å². The van der Waals surface area contributed by atoms with Gasteiger partial charge in [-0.15, -0.1) is 0 Å². The van der Waals surface area contributed by atoms with E-state index in [2.05, 4.69) is 4.89 Å². The van der Waals surface area contributed by atoms with E-state index in [1.165, 1.54) is 5.56 Å². The van der Waals surface area contributed by atoms with Crippen molar-refractivity contribution in [3.05, 3.63) is 29.8 Å². The maximum Gasteiger partial charge on any atom is 0.231 e. The molecule has 3 heteroatoms. The highest BCUT2D eigenvalue weighted by Gasteiger charge is 2.18. The quantitative estimate of drug-likeness (QED) is 0.511. The number of ether oxygens (including phenoxy) is 1. The third kappa shape index (κ3) is 1.29. The first-order chi connectivity index (χ1) is 5.90. The molecule has 1 unspecified atom stereocenters. The lowest BCUT2D eigenvalue weighted by Crippen LogP contribution is -2.24. The molecule has 1 aromatic rings. The van der Waals surface area contributed by atoms with Gasteiger partial charge in [0.15, 0.2) is 0 Å². The van der Waals surface area contributed by atoms with E-state index in [-0.39, 0.29) is 0 Å². The first-order valence-corrected chi connectivity index (χ1v) is 3.95. The third-order valence-electron chi connectivity index (χ3n) is 2.00. The van der Waals surface area contributed by atoms with Crippen LogP contribution in [0.15, 0.2) is 24.3 Å². The van der Waals surface area contributed by atoms with Crippen LogP contribution in [0.3, 0.4) is 0 Å². The minimum absolute atomic E-state index is 0.500. The topological polar surface area (TPSA) is 38.7 Å². The summed E-state index contributed by atoms with van der Waals surface area (Å²) < 4.78 is 5.31. The van der Waals surface area contributed by atoms with Gasteiger partial charge in [-0.05, 0) is 18.1 Å². The monoisotopic (exact) mass is 166 g/mol. The van der Waals surface area contributed by atoms with Gasteiger partial charge in [-0.3, -0.25) is 0 Å². The molecule has 0 saturated carbocycles. The van der Waals surface area contributed by atoms with Crippen LogP contribution in [0, 0.1) is 0 Å². The number of hydrogen-bond donors (Lipinski definition) is 1. The number of hydrogen-bond acceptors (Lipinski definition) is 3. The third-order valence-corrected chi connectivity index (χ3v) is 2.00. The lowest BCUT2D eigenvalue weighted by molar-refractivity contribution is -0.328. The standard InChI is InChI=1S/C9H10O3/c10-12-9-6-5-7-3-1-2-4-8(7)11-9/h1-4,9-10H,5-6H2. The van der Waals surface area contributed by atoms with Gasteiger partial charge in [-0.1, -0.05) is 18.2 Å². The molecule has 0 bridgehead atoms. The second-order valence-corrected chi connectivity index (χ2v) is 2.80. The second kappa shape index (κ2) is 3.13. The van der Waals surface area contributed by atoms with E-state index in [9.17, 15) is 0 Å². The summed E-state index contributed by atoms with van der Waals surface area (Å²) in [6, 6.07) is 7.77. The summed E-state index contributed by atoms with van der Waals surface area (Å²) in [7, 11) is 0. The summed E-state index contributed by atoms with van der Waals surface area (Å²) in [6.45, 7) is 0. The average Bonchev–Trinajstić information content (AvgIpc) is 2.17. The summed E-state index contributed by atoms with van der Waals surface area (Å²) >= 11 is 0. The fourth-order valence-corrected chi connectivity index (χ4v) is 1.37. The Morgan fingerprint density at radius 3 is 3.08 bits per heavy atom. The Labute approximate surface area is 70.5 Å². The van der Waals surface area contributed by atoms with Gasteiger partial charge in [-0.25, -0.2) is 5.26 Å². The van der Waals surface area contributed by atoms with E-state index >= 15 is 0 Å². The van der Waals surface area contributed by atoms with Crippen molar-refractivity contribution >= 4 is 0 Å². The van der Waals surface area contributed by atoms with Crippen LogP contribution in [0.1, 0.15) is 12.0 Å². The van der Waals surface area contributed by atoms with Crippen molar-refractivity contribution < 1.29 is 14.9 Å². The summed E-state index contributed by atoms with van der Waals surface area (Å²) in [5.74, 6) is 0.808. The molecule has 0 aromatic heterocycles. The smallest absolute Gasteiger partial charge is 0.231 e. The van der Waals surface area contributed by atoms with Gasteiger partial charge in [0.05, 0.1) is 0 Å². The van der Waals surface area contributed by atoms with Crippen molar-refractivity contribution in [3.63, 3.8) is 0 Å². The second-order valence-electron chi connectivity index (χ2n) is 2.80. The molecule has 0 spiro atoms. The fraction of sp³-hybridized carbons (Fsp3) is 0.333. The number of para-hydroxylation sites is 1. The highest BCUT2D eigenvalue weighted by molar-refractivity contribution is 5.34.